The average molecular weight is 470 g/mol. The number of aromatic amines is 1. The van der Waals surface area contributed by atoms with Crippen molar-refractivity contribution in [2.24, 2.45) is 0 Å². The minimum atomic E-state index is 0.891. The maximum Gasteiger partial charge on any atom is 0.137 e. The zero-order valence-corrected chi connectivity index (χ0v) is 20.8. The van der Waals surface area contributed by atoms with Gasteiger partial charge in [-0.2, -0.15) is 0 Å². The van der Waals surface area contributed by atoms with Crippen molar-refractivity contribution in [3.05, 3.63) is 35.6 Å². The summed E-state index contributed by atoms with van der Waals surface area (Å²) in [4.78, 5) is 14.9. The van der Waals surface area contributed by atoms with E-state index in [0.29, 0.717) is 0 Å². The number of ether oxygens (including phenoxy) is 1. The molecule has 1 aliphatic carbocycles. The van der Waals surface area contributed by atoms with Gasteiger partial charge in [-0.15, -0.1) is 11.3 Å². The summed E-state index contributed by atoms with van der Waals surface area (Å²) in [6, 6.07) is 4.94. The molecule has 0 bridgehead atoms. The van der Waals surface area contributed by atoms with Gasteiger partial charge in [-0.3, -0.25) is 4.90 Å². The van der Waals surface area contributed by atoms with Crippen LogP contribution in [0.2, 0.25) is 0 Å². The Labute approximate surface area is 202 Å². The Balaban J connectivity index is 0.000000183. The first-order chi connectivity index (χ1) is 16.3. The van der Waals surface area contributed by atoms with Crippen LogP contribution in [0.25, 0.3) is 21.6 Å². The van der Waals surface area contributed by atoms with Crippen LogP contribution in [0.3, 0.4) is 0 Å². The third-order valence-electron chi connectivity index (χ3n) is 6.58. The Bertz CT molecular complexity index is 927. The van der Waals surface area contributed by atoms with Crippen LogP contribution in [0.4, 0.5) is 0 Å². The summed E-state index contributed by atoms with van der Waals surface area (Å²) in [6.07, 6.45) is 14.4. The Morgan fingerprint density at radius 1 is 1.18 bits per heavy atom. The van der Waals surface area contributed by atoms with Crippen LogP contribution in [0.15, 0.2) is 29.9 Å². The van der Waals surface area contributed by atoms with E-state index in [4.69, 9.17) is 9.72 Å². The largest absolute Gasteiger partial charge is 0.379 e. The highest BCUT2D eigenvalue weighted by Gasteiger charge is 2.22. The summed E-state index contributed by atoms with van der Waals surface area (Å²) in [6.45, 7) is 8.61. The fourth-order valence-electron chi connectivity index (χ4n) is 4.76. The van der Waals surface area contributed by atoms with Crippen molar-refractivity contribution in [2.45, 2.75) is 64.3 Å². The first-order valence-electron chi connectivity index (χ1n) is 12.7. The second-order valence-electron chi connectivity index (χ2n) is 9.04. The van der Waals surface area contributed by atoms with E-state index >= 15 is 0 Å². The fraction of sp³-hybridized carbons (Fsp3) is 0.615. The van der Waals surface area contributed by atoms with Gasteiger partial charge in [0.1, 0.15) is 10.7 Å². The SMILES string of the molecule is C1CCC(N2CCOCC2)CC1.CCCNCCCc1csc(-c2c[nH]c3ncccc23)n1. The smallest absolute Gasteiger partial charge is 0.137 e. The number of H-pyrrole nitrogens is 1. The van der Waals surface area contributed by atoms with Gasteiger partial charge in [-0.05, 0) is 57.3 Å². The second kappa shape index (κ2) is 13.2. The van der Waals surface area contributed by atoms with Crippen LogP contribution in [-0.2, 0) is 11.2 Å². The maximum absolute atomic E-state index is 5.35. The molecule has 3 aromatic heterocycles. The van der Waals surface area contributed by atoms with Crippen LogP contribution >= 0.6 is 11.3 Å². The molecule has 0 aromatic carbocycles. The molecule has 0 atom stereocenters. The number of nitrogens with zero attached hydrogens (tertiary/aromatic N) is 3. The van der Waals surface area contributed by atoms with Crippen LogP contribution < -0.4 is 5.32 Å². The molecule has 4 heterocycles. The van der Waals surface area contributed by atoms with Gasteiger partial charge in [0.05, 0.1) is 18.9 Å². The molecule has 2 aliphatic rings. The molecule has 0 amide bonds. The van der Waals surface area contributed by atoms with Crippen molar-refractivity contribution in [3.8, 4) is 10.6 Å². The molecule has 0 spiro atoms. The van der Waals surface area contributed by atoms with E-state index in [1.807, 2.05) is 12.3 Å². The molecule has 5 rings (SSSR count). The summed E-state index contributed by atoms with van der Waals surface area (Å²) in [5.41, 5.74) is 3.26. The van der Waals surface area contributed by atoms with Gasteiger partial charge in [-0.25, -0.2) is 9.97 Å². The Hall–Kier alpha value is -1.80. The third-order valence-corrected chi connectivity index (χ3v) is 7.51. The summed E-state index contributed by atoms with van der Waals surface area (Å²) >= 11 is 1.71. The minimum absolute atomic E-state index is 0.891. The molecular formula is C26H39N5OS. The maximum atomic E-state index is 5.35. The van der Waals surface area contributed by atoms with Gasteiger partial charge in [0, 0.05) is 47.9 Å². The van der Waals surface area contributed by atoms with Crippen LogP contribution in [0.1, 0.15) is 57.6 Å². The summed E-state index contributed by atoms with van der Waals surface area (Å²) < 4.78 is 5.35. The van der Waals surface area contributed by atoms with Crippen molar-refractivity contribution < 1.29 is 4.74 Å². The van der Waals surface area contributed by atoms with E-state index in [-0.39, 0.29) is 0 Å². The molecule has 2 fully saturated rings. The first kappa shape index (κ1) is 24.3. The molecule has 0 unspecified atom stereocenters. The number of nitrogens with one attached hydrogen (secondary N) is 2. The van der Waals surface area contributed by atoms with Gasteiger partial charge in [-0.1, -0.05) is 26.2 Å². The van der Waals surface area contributed by atoms with E-state index in [0.717, 1.165) is 66.8 Å². The molecule has 3 aromatic rings. The number of morpholine rings is 1. The number of pyridine rings is 1. The van der Waals surface area contributed by atoms with Crippen molar-refractivity contribution in [1.82, 2.24) is 25.2 Å². The Morgan fingerprint density at radius 2 is 2.03 bits per heavy atom. The topological polar surface area (TPSA) is 66.1 Å². The van der Waals surface area contributed by atoms with Gasteiger partial charge in [0.15, 0.2) is 0 Å². The number of rotatable bonds is 8. The number of hydrogen-bond donors (Lipinski definition) is 2. The highest BCUT2D eigenvalue weighted by Crippen LogP contribution is 2.30. The van der Waals surface area contributed by atoms with Gasteiger partial charge in [0.25, 0.3) is 0 Å². The zero-order chi connectivity index (χ0) is 22.7. The fourth-order valence-corrected chi connectivity index (χ4v) is 5.65. The van der Waals surface area contributed by atoms with Crippen molar-refractivity contribution in [1.29, 1.82) is 0 Å². The monoisotopic (exact) mass is 469 g/mol. The molecule has 1 aliphatic heterocycles. The minimum Gasteiger partial charge on any atom is -0.379 e. The Morgan fingerprint density at radius 3 is 2.85 bits per heavy atom. The lowest BCUT2D eigenvalue weighted by Gasteiger charge is -2.36. The number of aromatic nitrogens is 3. The van der Waals surface area contributed by atoms with Crippen molar-refractivity contribution in [2.75, 3.05) is 39.4 Å². The number of aryl methyl sites for hydroxylation is 1. The highest BCUT2D eigenvalue weighted by molar-refractivity contribution is 7.13. The van der Waals surface area contributed by atoms with Gasteiger partial charge < -0.3 is 15.0 Å². The van der Waals surface area contributed by atoms with E-state index in [1.54, 1.807) is 17.5 Å². The molecule has 33 heavy (non-hydrogen) atoms. The second-order valence-corrected chi connectivity index (χ2v) is 9.90. The van der Waals surface area contributed by atoms with Crippen molar-refractivity contribution >= 4 is 22.4 Å². The van der Waals surface area contributed by atoms with Crippen LogP contribution in [0, 0.1) is 0 Å². The summed E-state index contributed by atoms with van der Waals surface area (Å²) in [5.74, 6) is 0. The standard InChI is InChI=1S/C16H20N4S.C10H19NO/c1-2-7-17-8-3-5-12-11-21-16(20-12)14-10-19-15-13(14)6-4-9-18-15;1-2-4-10(5-3-1)11-6-8-12-9-7-11/h4,6,9-11,17H,2-3,5,7-8H2,1H3,(H,18,19);10H,1-9H2. The predicted octanol–water partition coefficient (Wildman–Crippen LogP) is 5.27. The quantitative estimate of drug-likeness (QED) is 0.440. The number of fused-ring (bicyclic) bond motifs is 1. The molecule has 0 radical (unpaired) electrons. The van der Waals surface area contributed by atoms with E-state index in [2.05, 4.69) is 38.6 Å². The van der Waals surface area contributed by atoms with E-state index in [1.165, 1.54) is 57.3 Å². The molecule has 1 saturated carbocycles. The van der Waals surface area contributed by atoms with Crippen LogP contribution in [-0.4, -0.2) is 65.3 Å². The zero-order valence-electron chi connectivity index (χ0n) is 20.0. The van der Waals surface area contributed by atoms with Gasteiger partial charge in [0.2, 0.25) is 0 Å². The van der Waals surface area contributed by atoms with E-state index < -0.39 is 0 Å². The third kappa shape index (κ3) is 7.09. The molecular weight excluding hydrogens is 430 g/mol. The molecule has 2 N–H and O–H groups in total. The summed E-state index contributed by atoms with van der Waals surface area (Å²) in [7, 11) is 0. The molecule has 6 nitrogen and oxygen atoms in total. The summed E-state index contributed by atoms with van der Waals surface area (Å²) in [5, 5.41) is 7.81. The molecule has 7 heteroatoms. The predicted molar refractivity (Wildman–Crippen MR) is 138 cm³/mol. The lowest BCUT2D eigenvalue weighted by Crippen LogP contribution is -2.44. The van der Waals surface area contributed by atoms with Crippen LogP contribution in [0.5, 0.6) is 0 Å². The Kier molecular flexibility index (Phi) is 9.72. The lowest BCUT2D eigenvalue weighted by molar-refractivity contribution is 0.00858. The normalized spacial score (nSPS) is 17.7. The highest BCUT2D eigenvalue weighted by atomic mass is 32.1. The molecule has 180 valence electrons. The number of hydrogen-bond acceptors (Lipinski definition) is 6. The van der Waals surface area contributed by atoms with Gasteiger partial charge >= 0.3 is 0 Å². The average Bonchev–Trinajstić information content (AvgIpc) is 3.52. The van der Waals surface area contributed by atoms with Crippen molar-refractivity contribution in [3.63, 3.8) is 0 Å². The van der Waals surface area contributed by atoms with E-state index in [9.17, 15) is 0 Å². The number of thiazole rings is 1. The first-order valence-corrected chi connectivity index (χ1v) is 13.6. The lowest BCUT2D eigenvalue weighted by atomic mass is 9.94. The molecule has 1 saturated heterocycles.